The van der Waals surface area contributed by atoms with E-state index in [0.29, 0.717) is 36.0 Å². The van der Waals surface area contributed by atoms with Gasteiger partial charge in [0.05, 0.1) is 13.2 Å². The third kappa shape index (κ3) is 5.90. The predicted molar refractivity (Wildman–Crippen MR) is 125 cm³/mol. The van der Waals surface area contributed by atoms with Crippen LogP contribution in [0, 0.1) is 23.1 Å². The van der Waals surface area contributed by atoms with Crippen LogP contribution in [-0.4, -0.2) is 12.6 Å². The van der Waals surface area contributed by atoms with E-state index in [0.717, 1.165) is 29.6 Å². The minimum Gasteiger partial charge on any atom is -0.496 e. The van der Waals surface area contributed by atoms with Gasteiger partial charge in [-0.2, -0.15) is 5.26 Å². The van der Waals surface area contributed by atoms with Gasteiger partial charge in [-0.25, -0.2) is 4.39 Å². The van der Waals surface area contributed by atoms with E-state index in [2.05, 4.69) is 19.9 Å². The van der Waals surface area contributed by atoms with E-state index in [1.54, 1.807) is 25.3 Å². The van der Waals surface area contributed by atoms with Crippen molar-refractivity contribution in [1.29, 1.82) is 5.26 Å². The molecule has 1 aromatic carbocycles. The molecule has 3 rings (SSSR count). The van der Waals surface area contributed by atoms with Crippen LogP contribution in [0.5, 0.6) is 5.75 Å². The second kappa shape index (κ2) is 9.76. The molecule has 168 valence electrons. The van der Waals surface area contributed by atoms with Gasteiger partial charge in [-0.15, -0.1) is 0 Å². The normalized spacial score (nSPS) is 19.7. The van der Waals surface area contributed by atoms with Gasteiger partial charge in [-0.3, -0.25) is 0 Å². The number of ether oxygens (including phenoxy) is 1. The summed E-state index contributed by atoms with van der Waals surface area (Å²) in [6.45, 7) is 4.23. The van der Waals surface area contributed by atoms with Gasteiger partial charge in [0.25, 0.3) is 0 Å². The molecule has 1 aromatic rings. The summed E-state index contributed by atoms with van der Waals surface area (Å²) >= 11 is 6.56. The fourth-order valence-corrected chi connectivity index (χ4v) is 5.89. The third-order valence-electron chi connectivity index (χ3n) is 6.90. The minimum atomic E-state index is -0.469. The average molecular weight is 445 g/mol. The van der Waals surface area contributed by atoms with E-state index in [9.17, 15) is 9.65 Å². The maximum absolute atomic E-state index is 14.1. The first-order chi connectivity index (χ1) is 14.7. The number of rotatable bonds is 8. The predicted octanol–water partition coefficient (Wildman–Crippen LogP) is 6.91. The van der Waals surface area contributed by atoms with Crippen molar-refractivity contribution >= 4 is 11.6 Å². The topological polar surface area (TPSA) is 59.0 Å². The zero-order chi connectivity index (χ0) is 22.6. The Kier molecular flexibility index (Phi) is 7.50. The molecule has 1 unspecified atom stereocenters. The summed E-state index contributed by atoms with van der Waals surface area (Å²) in [5, 5.41) is 9.86. The van der Waals surface area contributed by atoms with Gasteiger partial charge >= 0.3 is 0 Å². The van der Waals surface area contributed by atoms with Gasteiger partial charge < -0.3 is 10.5 Å². The van der Waals surface area contributed by atoms with Crippen LogP contribution in [-0.2, 0) is 5.41 Å². The summed E-state index contributed by atoms with van der Waals surface area (Å²) < 4.78 is 19.7. The van der Waals surface area contributed by atoms with Crippen molar-refractivity contribution in [1.82, 2.24) is 0 Å². The van der Waals surface area contributed by atoms with Crippen molar-refractivity contribution < 1.29 is 9.13 Å². The third-order valence-corrected chi connectivity index (χ3v) is 7.27. The van der Waals surface area contributed by atoms with Crippen molar-refractivity contribution in [3.05, 3.63) is 51.8 Å². The van der Waals surface area contributed by atoms with E-state index < -0.39 is 5.54 Å². The molecule has 0 radical (unpaired) electrons. The summed E-state index contributed by atoms with van der Waals surface area (Å²) in [7, 11) is 1.62. The Hall–Kier alpha value is -1.83. The lowest BCUT2D eigenvalue weighted by molar-refractivity contribution is 0.240. The van der Waals surface area contributed by atoms with Gasteiger partial charge in [0.2, 0.25) is 0 Å². The van der Waals surface area contributed by atoms with Gasteiger partial charge in [0.15, 0.2) is 0 Å². The number of hydrogen-bond acceptors (Lipinski definition) is 3. The zero-order valence-corrected chi connectivity index (χ0v) is 19.7. The summed E-state index contributed by atoms with van der Waals surface area (Å²) in [6.07, 6.45) is 10.5. The van der Waals surface area contributed by atoms with Gasteiger partial charge in [-0.05, 0) is 73.3 Å². The molecule has 0 spiro atoms. The lowest BCUT2D eigenvalue weighted by atomic mass is 9.68. The van der Waals surface area contributed by atoms with Crippen LogP contribution in [0.1, 0.15) is 77.2 Å². The monoisotopic (exact) mass is 444 g/mol. The van der Waals surface area contributed by atoms with Crippen LogP contribution < -0.4 is 10.5 Å². The Morgan fingerprint density at radius 1 is 1.26 bits per heavy atom. The summed E-state index contributed by atoms with van der Waals surface area (Å²) in [6, 6.07) is 6.91. The number of halogens is 2. The maximum Gasteiger partial charge on any atom is 0.123 e. The van der Waals surface area contributed by atoms with Crippen LogP contribution in [0.3, 0.4) is 0 Å². The van der Waals surface area contributed by atoms with E-state index in [1.165, 1.54) is 31.7 Å². The van der Waals surface area contributed by atoms with Crippen LogP contribution >= 0.6 is 11.6 Å². The lowest BCUT2D eigenvalue weighted by Crippen LogP contribution is -2.47. The Balaban J connectivity index is 1.92. The van der Waals surface area contributed by atoms with Crippen molar-refractivity contribution in [2.24, 2.45) is 11.7 Å². The number of methoxy groups -OCH3 is 1. The number of allylic oxidation sites excluding steroid dienone is 3. The fraction of sp³-hybridized carbons (Fsp3) is 0.577. The molecule has 2 aliphatic rings. The van der Waals surface area contributed by atoms with Gasteiger partial charge in [-0.1, -0.05) is 51.1 Å². The zero-order valence-electron chi connectivity index (χ0n) is 18.9. The molecule has 1 atom stereocenters. The average Bonchev–Trinajstić information content (AvgIpc) is 3.21. The molecule has 0 bridgehead atoms. The smallest absolute Gasteiger partial charge is 0.123 e. The molecule has 0 saturated heterocycles. The Morgan fingerprint density at radius 2 is 1.97 bits per heavy atom. The first-order valence-electron chi connectivity index (χ1n) is 11.3. The van der Waals surface area contributed by atoms with Crippen molar-refractivity contribution in [3.8, 4) is 11.8 Å². The summed E-state index contributed by atoms with van der Waals surface area (Å²) in [4.78, 5) is 0. The molecule has 3 nitrogen and oxygen atoms in total. The van der Waals surface area contributed by atoms with E-state index in [4.69, 9.17) is 22.1 Å². The second-order valence-corrected chi connectivity index (χ2v) is 10.4. The standard InChI is InChI=1S/C26H34ClFN2O/c1-25(2,22-13-21(28)10-11-24(22)31-3)17-26(30,14-18-6-4-5-7-18)15-20-9-8-19(16-29)12-23(20)27/h10-13,18H,4-9,14-15,17,30H2,1-3H3. The molecule has 31 heavy (non-hydrogen) atoms. The number of benzene rings is 1. The highest BCUT2D eigenvalue weighted by Gasteiger charge is 2.39. The largest absolute Gasteiger partial charge is 0.496 e. The first kappa shape index (κ1) is 23.8. The van der Waals surface area contributed by atoms with Crippen LogP contribution in [0.4, 0.5) is 4.39 Å². The Morgan fingerprint density at radius 3 is 2.58 bits per heavy atom. The van der Waals surface area contributed by atoms with Crippen LogP contribution in [0.25, 0.3) is 0 Å². The molecule has 0 amide bonds. The minimum absolute atomic E-state index is 0.269. The quantitative estimate of drug-likeness (QED) is 0.474. The number of nitrogens with two attached hydrogens (primary N) is 1. The number of nitrogens with zero attached hydrogens (tertiary/aromatic N) is 1. The fourth-order valence-electron chi connectivity index (χ4n) is 5.60. The van der Waals surface area contributed by atoms with Crippen molar-refractivity contribution in [2.45, 2.75) is 82.6 Å². The highest BCUT2D eigenvalue weighted by molar-refractivity contribution is 6.31. The number of hydrogen-bond donors (Lipinski definition) is 1. The highest BCUT2D eigenvalue weighted by Crippen LogP contribution is 2.44. The second-order valence-electron chi connectivity index (χ2n) is 10.0. The molecule has 5 heteroatoms. The molecule has 2 aliphatic carbocycles. The Labute approximate surface area is 191 Å². The first-order valence-corrected chi connectivity index (χ1v) is 11.6. The molecular formula is C26H34ClFN2O. The molecule has 1 saturated carbocycles. The molecule has 0 aromatic heterocycles. The van der Waals surface area contributed by atoms with Crippen LogP contribution in [0.15, 0.2) is 40.5 Å². The summed E-state index contributed by atoms with van der Waals surface area (Å²) in [5.74, 6) is 1.03. The van der Waals surface area contributed by atoms with E-state index in [1.807, 2.05) is 0 Å². The molecule has 0 heterocycles. The Bertz CT molecular complexity index is 908. The van der Waals surface area contributed by atoms with Gasteiger partial charge in [0.1, 0.15) is 11.6 Å². The van der Waals surface area contributed by atoms with E-state index >= 15 is 0 Å². The summed E-state index contributed by atoms with van der Waals surface area (Å²) in [5.41, 5.74) is 9.02. The van der Waals surface area contributed by atoms with Crippen molar-refractivity contribution in [2.75, 3.05) is 7.11 Å². The molecule has 2 N–H and O–H groups in total. The highest BCUT2D eigenvalue weighted by atomic mass is 35.5. The van der Waals surface area contributed by atoms with E-state index in [-0.39, 0.29) is 11.2 Å². The lowest BCUT2D eigenvalue weighted by Gasteiger charge is -2.41. The van der Waals surface area contributed by atoms with Gasteiger partial charge in [0, 0.05) is 21.7 Å². The number of nitriles is 1. The molecular weight excluding hydrogens is 411 g/mol. The molecule has 1 fully saturated rings. The SMILES string of the molecule is COc1ccc(F)cc1C(C)(C)CC(N)(CC1=C(Cl)C=C(C#N)CC1)CC1CCCC1. The van der Waals surface area contributed by atoms with Crippen molar-refractivity contribution in [3.63, 3.8) is 0 Å². The maximum atomic E-state index is 14.1. The molecule has 0 aliphatic heterocycles. The van der Waals surface area contributed by atoms with Crippen LogP contribution in [0.2, 0.25) is 0 Å².